The number of rotatable bonds is 3. The van der Waals surface area contributed by atoms with Crippen LogP contribution < -0.4 is 5.32 Å². The van der Waals surface area contributed by atoms with E-state index in [0.29, 0.717) is 0 Å². The van der Waals surface area contributed by atoms with Crippen molar-refractivity contribution in [2.75, 3.05) is 12.4 Å². The van der Waals surface area contributed by atoms with Crippen LogP contribution in [0.4, 0.5) is 10.2 Å². The van der Waals surface area contributed by atoms with Gasteiger partial charge in [-0.15, -0.1) is 0 Å². The first kappa shape index (κ1) is 16.4. The fourth-order valence-electron chi connectivity index (χ4n) is 4.32. The van der Waals surface area contributed by atoms with Gasteiger partial charge >= 0.3 is 5.97 Å². The normalized spacial score (nSPS) is 26.2. The van der Waals surface area contributed by atoms with Gasteiger partial charge in [0.1, 0.15) is 0 Å². The molecule has 3 rings (SSSR count). The Morgan fingerprint density at radius 3 is 2.78 bits per heavy atom. The Hall–Kier alpha value is -1.43. The molecule has 23 heavy (non-hydrogen) atoms. The Labute approximate surface area is 140 Å². The van der Waals surface area contributed by atoms with Gasteiger partial charge in [-0.2, -0.15) is 4.98 Å². The van der Waals surface area contributed by atoms with E-state index >= 15 is 0 Å². The van der Waals surface area contributed by atoms with E-state index in [-0.39, 0.29) is 34.4 Å². The van der Waals surface area contributed by atoms with Gasteiger partial charge in [0.15, 0.2) is 11.6 Å². The summed E-state index contributed by atoms with van der Waals surface area (Å²) in [5, 5.41) is 3.16. The van der Waals surface area contributed by atoms with Gasteiger partial charge in [-0.1, -0.05) is 19.3 Å². The Bertz CT molecular complexity index is 593. The molecule has 1 spiro atoms. The molecule has 1 aromatic heterocycles. The maximum atomic E-state index is 14.0. The summed E-state index contributed by atoms with van der Waals surface area (Å²) in [5.74, 6) is -1.03. The van der Waals surface area contributed by atoms with Crippen molar-refractivity contribution in [3.63, 3.8) is 0 Å². The number of halogens is 2. The molecule has 126 valence electrons. The zero-order valence-corrected chi connectivity index (χ0v) is 13.9. The molecule has 1 heterocycles. The summed E-state index contributed by atoms with van der Waals surface area (Å²) in [7, 11) is 1.40. The van der Waals surface area contributed by atoms with E-state index in [0.717, 1.165) is 51.1 Å². The van der Waals surface area contributed by atoms with E-state index in [9.17, 15) is 9.18 Å². The molecule has 0 unspecified atom stereocenters. The molecule has 2 aliphatic carbocycles. The van der Waals surface area contributed by atoms with Gasteiger partial charge in [0.2, 0.25) is 5.28 Å². The third-order valence-corrected chi connectivity index (χ3v) is 5.54. The number of carbonyl (C=O) groups excluding carboxylic acids is 1. The predicted octanol–water partition coefficient (Wildman–Crippen LogP) is 3.58. The molecule has 0 amide bonds. The first-order chi connectivity index (χ1) is 11.1. The molecule has 0 radical (unpaired) electrons. The molecule has 0 saturated heterocycles. The van der Waals surface area contributed by atoms with Gasteiger partial charge in [-0.05, 0) is 42.7 Å². The van der Waals surface area contributed by atoms with Crippen molar-refractivity contribution < 1.29 is 13.9 Å². The van der Waals surface area contributed by atoms with Gasteiger partial charge in [-0.25, -0.2) is 9.37 Å². The van der Waals surface area contributed by atoms with Crippen LogP contribution in [0, 0.1) is 17.2 Å². The van der Waals surface area contributed by atoms with E-state index in [4.69, 9.17) is 16.3 Å². The number of nitrogens with one attached hydrogen (secondary N) is 1. The van der Waals surface area contributed by atoms with E-state index in [2.05, 4.69) is 15.3 Å². The minimum absolute atomic E-state index is 0.000965. The fourth-order valence-corrected chi connectivity index (χ4v) is 4.45. The largest absolute Gasteiger partial charge is 0.469 e. The summed E-state index contributed by atoms with van der Waals surface area (Å²) in [6.45, 7) is 0. The van der Waals surface area contributed by atoms with Crippen LogP contribution in [0.3, 0.4) is 0 Å². The number of nitrogens with zero attached hydrogens (tertiary/aromatic N) is 2. The van der Waals surface area contributed by atoms with Crippen LogP contribution in [0.1, 0.15) is 44.9 Å². The SMILES string of the molecule is COC(=O)[C@H]1CCCC2(CCCC2)[C@@H]1Nc1nc(Cl)ncc1F. The van der Waals surface area contributed by atoms with E-state index in [1.165, 1.54) is 7.11 Å². The fraction of sp³-hybridized carbons (Fsp3) is 0.688. The van der Waals surface area contributed by atoms with Crippen LogP contribution >= 0.6 is 11.6 Å². The second kappa shape index (κ2) is 6.59. The number of hydrogen-bond acceptors (Lipinski definition) is 5. The molecular weight excluding hydrogens is 321 g/mol. The summed E-state index contributed by atoms with van der Waals surface area (Å²) >= 11 is 5.79. The maximum absolute atomic E-state index is 14.0. The number of aromatic nitrogens is 2. The van der Waals surface area contributed by atoms with Crippen LogP contribution in [-0.4, -0.2) is 29.1 Å². The molecule has 0 aliphatic heterocycles. The number of carbonyl (C=O) groups is 1. The van der Waals surface area contributed by atoms with E-state index < -0.39 is 5.82 Å². The number of esters is 1. The third kappa shape index (κ3) is 3.13. The maximum Gasteiger partial charge on any atom is 0.310 e. The van der Waals surface area contributed by atoms with Gasteiger partial charge in [0.05, 0.1) is 19.2 Å². The van der Waals surface area contributed by atoms with Crippen LogP contribution in [0.5, 0.6) is 0 Å². The molecule has 2 fully saturated rings. The summed E-state index contributed by atoms with van der Waals surface area (Å²) in [5.41, 5.74) is 0.000965. The quantitative estimate of drug-likeness (QED) is 0.672. The van der Waals surface area contributed by atoms with E-state index in [1.807, 2.05) is 0 Å². The highest BCUT2D eigenvalue weighted by Crippen LogP contribution is 2.52. The van der Waals surface area contributed by atoms with Crippen molar-refractivity contribution >= 4 is 23.4 Å². The average molecular weight is 342 g/mol. The molecule has 1 aromatic rings. The first-order valence-corrected chi connectivity index (χ1v) is 8.46. The predicted molar refractivity (Wildman–Crippen MR) is 84.7 cm³/mol. The number of hydrogen-bond donors (Lipinski definition) is 1. The smallest absolute Gasteiger partial charge is 0.310 e. The highest BCUT2D eigenvalue weighted by atomic mass is 35.5. The van der Waals surface area contributed by atoms with Crippen LogP contribution in [0.15, 0.2) is 6.20 Å². The molecule has 2 saturated carbocycles. The standard InChI is InChI=1S/C16H21ClFN3O2/c1-23-14(22)10-5-4-8-16(6-2-3-7-16)12(10)20-13-11(18)9-19-15(17)21-13/h9-10,12H,2-8H2,1H3,(H,19,20,21)/t10-,12+/m0/s1. The van der Waals surface area contributed by atoms with Crippen molar-refractivity contribution in [1.29, 1.82) is 0 Å². The Balaban J connectivity index is 1.94. The molecular formula is C16H21ClFN3O2. The molecule has 2 atom stereocenters. The molecule has 2 aliphatic rings. The summed E-state index contributed by atoms with van der Waals surface area (Å²) in [6, 6.07) is -0.188. The Morgan fingerprint density at radius 2 is 2.09 bits per heavy atom. The highest BCUT2D eigenvalue weighted by molar-refractivity contribution is 6.28. The van der Waals surface area contributed by atoms with Gasteiger partial charge < -0.3 is 10.1 Å². The second-order valence-corrected chi connectivity index (χ2v) is 6.89. The molecule has 7 heteroatoms. The minimum Gasteiger partial charge on any atom is -0.469 e. The third-order valence-electron chi connectivity index (χ3n) is 5.36. The number of anilines is 1. The van der Waals surface area contributed by atoms with Crippen molar-refractivity contribution in [1.82, 2.24) is 9.97 Å². The van der Waals surface area contributed by atoms with Gasteiger partial charge in [0.25, 0.3) is 0 Å². The van der Waals surface area contributed by atoms with Gasteiger partial charge in [0, 0.05) is 6.04 Å². The number of methoxy groups -OCH3 is 1. The highest BCUT2D eigenvalue weighted by Gasteiger charge is 2.50. The van der Waals surface area contributed by atoms with Crippen molar-refractivity contribution in [2.45, 2.75) is 51.0 Å². The van der Waals surface area contributed by atoms with Crippen molar-refractivity contribution in [3.8, 4) is 0 Å². The summed E-state index contributed by atoms with van der Waals surface area (Å²) < 4.78 is 19.0. The lowest BCUT2D eigenvalue weighted by molar-refractivity contribution is -0.148. The van der Waals surface area contributed by atoms with Crippen molar-refractivity contribution in [3.05, 3.63) is 17.3 Å². The summed E-state index contributed by atoms with van der Waals surface area (Å²) in [4.78, 5) is 19.8. The molecule has 0 aromatic carbocycles. The van der Waals surface area contributed by atoms with Crippen LogP contribution in [0.25, 0.3) is 0 Å². The number of ether oxygens (including phenoxy) is 1. The first-order valence-electron chi connectivity index (χ1n) is 8.08. The molecule has 0 bridgehead atoms. The lowest BCUT2D eigenvalue weighted by Gasteiger charge is -2.45. The lowest BCUT2D eigenvalue weighted by Crippen LogP contribution is -2.50. The van der Waals surface area contributed by atoms with E-state index in [1.54, 1.807) is 0 Å². The zero-order valence-electron chi connectivity index (χ0n) is 13.1. The Morgan fingerprint density at radius 1 is 1.39 bits per heavy atom. The van der Waals surface area contributed by atoms with Crippen LogP contribution in [0.2, 0.25) is 5.28 Å². The summed E-state index contributed by atoms with van der Waals surface area (Å²) in [6.07, 6.45) is 8.18. The molecule has 1 N–H and O–H groups in total. The minimum atomic E-state index is -0.559. The topological polar surface area (TPSA) is 64.1 Å². The lowest BCUT2D eigenvalue weighted by atomic mass is 9.64. The monoisotopic (exact) mass is 341 g/mol. The van der Waals surface area contributed by atoms with Crippen LogP contribution in [-0.2, 0) is 9.53 Å². The second-order valence-electron chi connectivity index (χ2n) is 6.55. The zero-order chi connectivity index (χ0) is 16.4. The van der Waals surface area contributed by atoms with Gasteiger partial charge in [-0.3, -0.25) is 4.79 Å². The Kier molecular flexibility index (Phi) is 4.71. The molecule has 5 nitrogen and oxygen atoms in total. The van der Waals surface area contributed by atoms with Crippen molar-refractivity contribution in [2.24, 2.45) is 11.3 Å². The average Bonchev–Trinajstić information content (AvgIpc) is 3.01.